The Balaban J connectivity index is 1.50. The van der Waals surface area contributed by atoms with Crippen molar-refractivity contribution in [3.8, 4) is 5.75 Å². The molecular weight excluding hydrogens is 390 g/mol. The average molecular weight is 418 g/mol. The van der Waals surface area contributed by atoms with E-state index in [0.717, 1.165) is 36.5 Å². The SMILES string of the molecule is COc1ccc(N(CC(=O)NCCCN2CCc3ccccc32)S(C)(=O)=O)cc1. The summed E-state index contributed by atoms with van der Waals surface area (Å²) in [5.41, 5.74) is 3.05. The Bertz CT molecular complexity index is 945. The van der Waals surface area contributed by atoms with Gasteiger partial charge in [-0.25, -0.2) is 8.42 Å². The summed E-state index contributed by atoms with van der Waals surface area (Å²) in [6.07, 6.45) is 2.94. The first-order valence-electron chi connectivity index (χ1n) is 9.60. The molecule has 0 aliphatic carbocycles. The Kier molecular flexibility index (Phi) is 6.64. The highest BCUT2D eigenvalue weighted by Crippen LogP contribution is 2.27. The quantitative estimate of drug-likeness (QED) is 0.632. The smallest absolute Gasteiger partial charge is 0.240 e. The van der Waals surface area contributed by atoms with E-state index in [4.69, 9.17) is 4.74 Å². The first-order valence-corrected chi connectivity index (χ1v) is 11.4. The van der Waals surface area contributed by atoms with E-state index in [1.807, 2.05) is 6.07 Å². The van der Waals surface area contributed by atoms with Gasteiger partial charge in [-0.2, -0.15) is 0 Å². The first-order chi connectivity index (χ1) is 13.9. The summed E-state index contributed by atoms with van der Waals surface area (Å²) >= 11 is 0. The van der Waals surface area contributed by atoms with E-state index in [2.05, 4.69) is 28.4 Å². The number of nitrogens with zero attached hydrogens (tertiary/aromatic N) is 2. The van der Waals surface area contributed by atoms with Crippen LogP contribution in [0, 0.1) is 0 Å². The summed E-state index contributed by atoms with van der Waals surface area (Å²) in [5.74, 6) is 0.295. The molecule has 7 nitrogen and oxygen atoms in total. The monoisotopic (exact) mass is 417 g/mol. The molecule has 0 saturated carbocycles. The zero-order chi connectivity index (χ0) is 20.9. The van der Waals surface area contributed by atoms with Crippen LogP contribution in [0.5, 0.6) is 5.75 Å². The molecule has 1 N–H and O–H groups in total. The standard InChI is InChI=1S/C21H27N3O4S/c1-28-19-10-8-18(9-11-19)24(29(2,26)27)16-21(25)22-13-5-14-23-15-12-17-6-3-4-7-20(17)23/h3-4,6-11H,5,12-16H2,1-2H3,(H,22,25). The summed E-state index contributed by atoms with van der Waals surface area (Å²) < 4.78 is 30.5. The topological polar surface area (TPSA) is 79.0 Å². The maximum absolute atomic E-state index is 12.3. The molecule has 2 aromatic rings. The van der Waals surface area contributed by atoms with Crippen molar-refractivity contribution in [3.05, 3.63) is 54.1 Å². The molecule has 1 heterocycles. The van der Waals surface area contributed by atoms with Crippen LogP contribution in [0.2, 0.25) is 0 Å². The van der Waals surface area contributed by atoms with Crippen LogP contribution < -0.4 is 19.3 Å². The number of nitrogens with one attached hydrogen (secondary N) is 1. The molecule has 0 aromatic heterocycles. The minimum Gasteiger partial charge on any atom is -0.497 e. The van der Waals surface area contributed by atoms with Crippen molar-refractivity contribution >= 4 is 27.3 Å². The molecule has 1 amide bonds. The average Bonchev–Trinajstić information content (AvgIpc) is 3.12. The van der Waals surface area contributed by atoms with Gasteiger partial charge in [-0.05, 0) is 48.7 Å². The lowest BCUT2D eigenvalue weighted by Gasteiger charge is -2.22. The number of fused-ring (bicyclic) bond motifs is 1. The van der Waals surface area contributed by atoms with Crippen molar-refractivity contribution in [2.45, 2.75) is 12.8 Å². The number of methoxy groups -OCH3 is 1. The zero-order valence-electron chi connectivity index (χ0n) is 16.8. The second-order valence-electron chi connectivity index (χ2n) is 7.04. The molecule has 0 unspecified atom stereocenters. The number of ether oxygens (including phenoxy) is 1. The van der Waals surface area contributed by atoms with Gasteiger partial charge < -0.3 is 15.0 Å². The van der Waals surface area contributed by atoms with E-state index in [1.165, 1.54) is 18.4 Å². The van der Waals surface area contributed by atoms with E-state index in [-0.39, 0.29) is 12.5 Å². The van der Waals surface area contributed by atoms with E-state index < -0.39 is 10.0 Å². The summed E-state index contributed by atoms with van der Waals surface area (Å²) in [6, 6.07) is 14.9. The van der Waals surface area contributed by atoms with Gasteiger partial charge in [0, 0.05) is 25.3 Å². The van der Waals surface area contributed by atoms with Gasteiger partial charge in [-0.15, -0.1) is 0 Å². The van der Waals surface area contributed by atoms with Gasteiger partial charge in [0.1, 0.15) is 12.3 Å². The van der Waals surface area contributed by atoms with E-state index >= 15 is 0 Å². The lowest BCUT2D eigenvalue weighted by Crippen LogP contribution is -2.41. The van der Waals surface area contributed by atoms with Crippen LogP contribution in [-0.2, 0) is 21.2 Å². The maximum Gasteiger partial charge on any atom is 0.240 e. The predicted molar refractivity (Wildman–Crippen MR) is 115 cm³/mol. The predicted octanol–water partition coefficient (Wildman–Crippen LogP) is 2.03. The number of carbonyl (C=O) groups is 1. The Labute approximate surface area is 172 Å². The zero-order valence-corrected chi connectivity index (χ0v) is 17.6. The van der Waals surface area contributed by atoms with E-state index in [9.17, 15) is 13.2 Å². The third kappa shape index (κ3) is 5.41. The van der Waals surface area contributed by atoms with Gasteiger partial charge in [0.25, 0.3) is 0 Å². The normalized spacial score (nSPS) is 13.1. The minimum atomic E-state index is -3.59. The lowest BCUT2D eigenvalue weighted by molar-refractivity contribution is -0.119. The highest BCUT2D eigenvalue weighted by atomic mass is 32.2. The molecule has 0 bridgehead atoms. The Morgan fingerprint density at radius 1 is 1.17 bits per heavy atom. The van der Waals surface area contributed by atoms with Gasteiger partial charge in [-0.3, -0.25) is 9.10 Å². The summed E-state index contributed by atoms with van der Waals surface area (Å²) in [5, 5.41) is 2.83. The van der Waals surface area contributed by atoms with Crippen LogP contribution in [0.3, 0.4) is 0 Å². The van der Waals surface area contributed by atoms with Crippen LogP contribution in [0.4, 0.5) is 11.4 Å². The third-order valence-corrected chi connectivity index (χ3v) is 6.10. The minimum absolute atomic E-state index is 0.252. The van der Waals surface area contributed by atoms with Crippen molar-refractivity contribution in [1.29, 1.82) is 0 Å². The molecule has 0 fully saturated rings. The fourth-order valence-corrected chi connectivity index (χ4v) is 4.33. The molecule has 1 aliphatic rings. The van der Waals surface area contributed by atoms with Gasteiger partial charge in [0.05, 0.1) is 19.1 Å². The molecule has 29 heavy (non-hydrogen) atoms. The van der Waals surface area contributed by atoms with Crippen molar-refractivity contribution in [2.75, 3.05) is 48.7 Å². The molecule has 0 atom stereocenters. The van der Waals surface area contributed by atoms with Gasteiger partial charge in [0.15, 0.2) is 0 Å². The number of anilines is 2. The molecule has 8 heteroatoms. The third-order valence-electron chi connectivity index (χ3n) is 4.96. The molecule has 0 radical (unpaired) electrons. The highest BCUT2D eigenvalue weighted by Gasteiger charge is 2.21. The summed E-state index contributed by atoms with van der Waals surface area (Å²) in [6.45, 7) is 2.09. The number of hydrogen-bond acceptors (Lipinski definition) is 5. The largest absolute Gasteiger partial charge is 0.497 e. The van der Waals surface area contributed by atoms with Crippen molar-refractivity contribution in [2.24, 2.45) is 0 Å². The van der Waals surface area contributed by atoms with Gasteiger partial charge in [0.2, 0.25) is 15.9 Å². The number of benzene rings is 2. The van der Waals surface area contributed by atoms with Crippen molar-refractivity contribution < 1.29 is 17.9 Å². The number of sulfonamides is 1. The van der Waals surface area contributed by atoms with E-state index in [0.29, 0.717) is 18.0 Å². The molecule has 2 aromatic carbocycles. The van der Waals surface area contributed by atoms with Crippen LogP contribution in [0.1, 0.15) is 12.0 Å². The van der Waals surface area contributed by atoms with Crippen molar-refractivity contribution in [3.63, 3.8) is 0 Å². The molecule has 3 rings (SSSR count). The van der Waals surface area contributed by atoms with Gasteiger partial charge >= 0.3 is 0 Å². The fraction of sp³-hybridized carbons (Fsp3) is 0.381. The van der Waals surface area contributed by atoms with Crippen LogP contribution >= 0.6 is 0 Å². The lowest BCUT2D eigenvalue weighted by atomic mass is 10.2. The Morgan fingerprint density at radius 2 is 1.90 bits per heavy atom. The Hall–Kier alpha value is -2.74. The second kappa shape index (κ2) is 9.17. The first kappa shape index (κ1) is 21.0. The molecular formula is C21H27N3O4S. The molecule has 156 valence electrons. The maximum atomic E-state index is 12.3. The van der Waals surface area contributed by atoms with Gasteiger partial charge in [-0.1, -0.05) is 18.2 Å². The number of hydrogen-bond donors (Lipinski definition) is 1. The summed E-state index contributed by atoms with van der Waals surface area (Å²) in [7, 11) is -2.05. The Morgan fingerprint density at radius 3 is 2.59 bits per heavy atom. The fourth-order valence-electron chi connectivity index (χ4n) is 3.47. The second-order valence-corrected chi connectivity index (χ2v) is 8.94. The number of amides is 1. The number of rotatable bonds is 9. The van der Waals surface area contributed by atoms with Crippen LogP contribution in [0.25, 0.3) is 0 Å². The number of carbonyl (C=O) groups excluding carboxylic acids is 1. The molecule has 1 aliphatic heterocycles. The number of para-hydroxylation sites is 1. The van der Waals surface area contributed by atoms with Crippen LogP contribution in [-0.4, -0.2) is 53.9 Å². The van der Waals surface area contributed by atoms with Crippen LogP contribution in [0.15, 0.2) is 48.5 Å². The molecule has 0 saturated heterocycles. The van der Waals surface area contributed by atoms with E-state index in [1.54, 1.807) is 24.3 Å². The molecule has 0 spiro atoms. The highest BCUT2D eigenvalue weighted by molar-refractivity contribution is 7.92. The van der Waals surface area contributed by atoms with Crippen molar-refractivity contribution in [1.82, 2.24) is 5.32 Å². The summed E-state index contributed by atoms with van der Waals surface area (Å²) in [4.78, 5) is 14.7.